The van der Waals surface area contributed by atoms with Crippen molar-refractivity contribution >= 4 is 23.4 Å². The normalized spacial score (nSPS) is 14.3. The van der Waals surface area contributed by atoms with Crippen LogP contribution >= 0.6 is 0 Å². The molecule has 1 aliphatic rings. The second-order valence-electron chi connectivity index (χ2n) is 6.61. The van der Waals surface area contributed by atoms with E-state index in [0.29, 0.717) is 5.69 Å². The fraction of sp³-hybridized carbons (Fsp3) is 0.318. The molecule has 2 aromatic rings. The number of piperazine rings is 1. The number of aliphatic imine (C=N–C) groups is 1. The number of hydrogen-bond acceptors (Lipinski definition) is 4. The summed E-state index contributed by atoms with van der Waals surface area (Å²) in [5, 5.41) is 6.12. The highest BCUT2D eigenvalue weighted by Gasteiger charge is 2.20. The lowest BCUT2D eigenvalue weighted by Crippen LogP contribution is -2.53. The SMILES string of the molecule is C#Cc1cccc(NC(=O)CN=C(NCC)N2CCN(c3ccccn3)CC2)c1. The summed E-state index contributed by atoms with van der Waals surface area (Å²) in [6.07, 6.45) is 7.22. The Morgan fingerprint density at radius 2 is 2.03 bits per heavy atom. The molecule has 0 atom stereocenters. The molecule has 1 aromatic heterocycles. The summed E-state index contributed by atoms with van der Waals surface area (Å²) in [7, 11) is 0. The van der Waals surface area contributed by atoms with Gasteiger partial charge >= 0.3 is 0 Å². The Kier molecular flexibility index (Phi) is 7.06. The fourth-order valence-electron chi connectivity index (χ4n) is 3.15. The van der Waals surface area contributed by atoms with E-state index in [2.05, 4.69) is 36.3 Å². The predicted molar refractivity (Wildman–Crippen MR) is 117 cm³/mol. The van der Waals surface area contributed by atoms with Gasteiger partial charge in [0.25, 0.3) is 0 Å². The molecule has 3 rings (SSSR count). The van der Waals surface area contributed by atoms with E-state index < -0.39 is 0 Å². The summed E-state index contributed by atoms with van der Waals surface area (Å²) in [6.45, 7) is 6.14. The molecule has 1 aliphatic heterocycles. The molecule has 0 unspecified atom stereocenters. The molecule has 0 aliphatic carbocycles. The highest BCUT2D eigenvalue weighted by atomic mass is 16.1. The number of amides is 1. The molecule has 2 N–H and O–H groups in total. The number of hydrogen-bond donors (Lipinski definition) is 2. The van der Waals surface area contributed by atoms with Crippen LogP contribution < -0.4 is 15.5 Å². The molecule has 0 bridgehead atoms. The van der Waals surface area contributed by atoms with Crippen molar-refractivity contribution < 1.29 is 4.79 Å². The van der Waals surface area contributed by atoms with Gasteiger partial charge in [0.2, 0.25) is 5.91 Å². The van der Waals surface area contributed by atoms with Crippen molar-refractivity contribution in [2.75, 3.05) is 49.5 Å². The number of carbonyl (C=O) groups is 1. The second-order valence-corrected chi connectivity index (χ2v) is 6.61. The van der Waals surface area contributed by atoms with Gasteiger partial charge < -0.3 is 20.4 Å². The molecule has 0 saturated carbocycles. The van der Waals surface area contributed by atoms with Crippen LogP contribution in [-0.4, -0.2) is 61.0 Å². The Morgan fingerprint density at radius 1 is 1.21 bits per heavy atom. The molecular weight excluding hydrogens is 364 g/mol. The van der Waals surface area contributed by atoms with Gasteiger partial charge in [-0.1, -0.05) is 18.1 Å². The van der Waals surface area contributed by atoms with Crippen LogP contribution in [0.1, 0.15) is 12.5 Å². The van der Waals surface area contributed by atoms with Crippen molar-refractivity contribution in [3.8, 4) is 12.3 Å². The lowest BCUT2D eigenvalue weighted by atomic mass is 10.2. The van der Waals surface area contributed by atoms with Gasteiger partial charge in [-0.25, -0.2) is 9.98 Å². The number of pyridine rings is 1. The first-order valence-corrected chi connectivity index (χ1v) is 9.75. The maximum Gasteiger partial charge on any atom is 0.246 e. The molecular formula is C22H26N6O. The van der Waals surface area contributed by atoms with Crippen molar-refractivity contribution in [2.24, 2.45) is 4.99 Å². The monoisotopic (exact) mass is 390 g/mol. The molecule has 2 heterocycles. The molecule has 0 radical (unpaired) electrons. The quantitative estimate of drug-likeness (QED) is 0.463. The molecule has 1 saturated heterocycles. The molecule has 7 heteroatoms. The molecule has 7 nitrogen and oxygen atoms in total. The second kappa shape index (κ2) is 10.1. The zero-order valence-corrected chi connectivity index (χ0v) is 16.6. The first kappa shape index (κ1) is 20.2. The van der Waals surface area contributed by atoms with Crippen LogP contribution in [0.2, 0.25) is 0 Å². The minimum absolute atomic E-state index is 0.0447. The third-order valence-electron chi connectivity index (χ3n) is 4.57. The summed E-state index contributed by atoms with van der Waals surface area (Å²) in [6, 6.07) is 13.2. The molecule has 1 aromatic carbocycles. The summed E-state index contributed by atoms with van der Waals surface area (Å²) in [5.74, 6) is 4.12. The van der Waals surface area contributed by atoms with E-state index in [4.69, 9.17) is 6.42 Å². The number of carbonyl (C=O) groups excluding carboxylic acids is 1. The molecule has 29 heavy (non-hydrogen) atoms. The zero-order chi connectivity index (χ0) is 20.5. The van der Waals surface area contributed by atoms with E-state index in [1.807, 2.05) is 49.5 Å². The third-order valence-corrected chi connectivity index (χ3v) is 4.57. The number of aromatic nitrogens is 1. The lowest BCUT2D eigenvalue weighted by molar-refractivity contribution is -0.114. The summed E-state index contributed by atoms with van der Waals surface area (Å²) >= 11 is 0. The standard InChI is InChI=1S/C22H26N6O/c1-3-18-8-7-9-19(16-18)26-21(29)17-25-22(23-4-2)28-14-12-27(13-15-28)20-10-5-6-11-24-20/h1,5-11,16H,4,12-15,17H2,2H3,(H,23,25)(H,26,29). The highest BCUT2D eigenvalue weighted by molar-refractivity contribution is 5.94. The Hall–Kier alpha value is -3.53. The topological polar surface area (TPSA) is 72.9 Å². The molecule has 0 spiro atoms. The molecule has 1 fully saturated rings. The summed E-state index contributed by atoms with van der Waals surface area (Å²) in [4.78, 5) is 25.7. The zero-order valence-electron chi connectivity index (χ0n) is 16.6. The van der Waals surface area contributed by atoms with Crippen LogP contribution in [0.5, 0.6) is 0 Å². The average Bonchev–Trinajstić information content (AvgIpc) is 2.77. The maximum absolute atomic E-state index is 12.3. The van der Waals surface area contributed by atoms with E-state index >= 15 is 0 Å². The number of benzene rings is 1. The highest BCUT2D eigenvalue weighted by Crippen LogP contribution is 2.13. The van der Waals surface area contributed by atoms with Crippen molar-refractivity contribution in [1.29, 1.82) is 0 Å². The van der Waals surface area contributed by atoms with Crippen molar-refractivity contribution in [2.45, 2.75) is 6.92 Å². The van der Waals surface area contributed by atoms with Gasteiger partial charge in [0.05, 0.1) is 0 Å². The number of anilines is 2. The Labute approximate surface area is 171 Å². The van der Waals surface area contributed by atoms with E-state index in [1.54, 1.807) is 6.07 Å². The summed E-state index contributed by atoms with van der Waals surface area (Å²) < 4.78 is 0. The smallest absolute Gasteiger partial charge is 0.246 e. The first-order valence-electron chi connectivity index (χ1n) is 9.75. The minimum Gasteiger partial charge on any atom is -0.357 e. The lowest BCUT2D eigenvalue weighted by Gasteiger charge is -2.37. The van der Waals surface area contributed by atoms with E-state index in [0.717, 1.165) is 50.1 Å². The minimum atomic E-state index is -0.179. The van der Waals surface area contributed by atoms with E-state index in [9.17, 15) is 4.79 Å². The van der Waals surface area contributed by atoms with Gasteiger partial charge in [-0.3, -0.25) is 4.79 Å². The molecule has 1 amide bonds. The number of nitrogens with zero attached hydrogens (tertiary/aromatic N) is 4. The van der Waals surface area contributed by atoms with Crippen molar-refractivity contribution in [1.82, 2.24) is 15.2 Å². The van der Waals surface area contributed by atoms with Crippen LogP contribution in [0.3, 0.4) is 0 Å². The van der Waals surface area contributed by atoms with Crippen LogP contribution in [0, 0.1) is 12.3 Å². The Balaban J connectivity index is 1.57. The Bertz CT molecular complexity index is 882. The number of terminal acetylenes is 1. The molecule has 150 valence electrons. The summed E-state index contributed by atoms with van der Waals surface area (Å²) in [5.41, 5.74) is 1.40. The first-order chi connectivity index (χ1) is 14.2. The van der Waals surface area contributed by atoms with Gasteiger partial charge in [0.1, 0.15) is 12.4 Å². The van der Waals surface area contributed by atoms with Crippen LogP contribution in [0.15, 0.2) is 53.7 Å². The largest absolute Gasteiger partial charge is 0.357 e. The fourth-order valence-corrected chi connectivity index (χ4v) is 3.15. The van der Waals surface area contributed by atoms with Gasteiger partial charge in [0, 0.05) is 50.2 Å². The van der Waals surface area contributed by atoms with Gasteiger partial charge in [-0.2, -0.15) is 0 Å². The average molecular weight is 390 g/mol. The maximum atomic E-state index is 12.3. The number of rotatable bonds is 5. The van der Waals surface area contributed by atoms with Crippen LogP contribution in [0.25, 0.3) is 0 Å². The number of guanidine groups is 1. The third kappa shape index (κ3) is 5.72. The van der Waals surface area contributed by atoms with E-state index in [-0.39, 0.29) is 12.5 Å². The van der Waals surface area contributed by atoms with Gasteiger partial charge in [-0.15, -0.1) is 6.42 Å². The van der Waals surface area contributed by atoms with E-state index in [1.165, 1.54) is 0 Å². The number of nitrogens with one attached hydrogen (secondary N) is 2. The van der Waals surface area contributed by atoms with Crippen molar-refractivity contribution in [3.05, 3.63) is 54.2 Å². The van der Waals surface area contributed by atoms with Crippen LogP contribution in [0.4, 0.5) is 11.5 Å². The van der Waals surface area contributed by atoms with Gasteiger partial charge in [0.15, 0.2) is 5.96 Å². The van der Waals surface area contributed by atoms with Crippen molar-refractivity contribution in [3.63, 3.8) is 0 Å². The van der Waals surface area contributed by atoms with Gasteiger partial charge in [-0.05, 0) is 37.3 Å². The Morgan fingerprint density at radius 3 is 2.72 bits per heavy atom. The predicted octanol–water partition coefficient (Wildman–Crippen LogP) is 1.79. The van der Waals surface area contributed by atoms with Crippen LogP contribution in [-0.2, 0) is 4.79 Å².